The van der Waals surface area contributed by atoms with Crippen molar-refractivity contribution in [3.63, 3.8) is 0 Å². The summed E-state index contributed by atoms with van der Waals surface area (Å²) in [4.78, 5) is 0. The van der Waals surface area contributed by atoms with Gasteiger partial charge in [0, 0.05) is 30.2 Å². The van der Waals surface area contributed by atoms with Crippen LogP contribution >= 0.6 is 11.8 Å². The van der Waals surface area contributed by atoms with E-state index >= 15 is 0 Å². The number of hydrogen-bond donors (Lipinski definition) is 1. The molecule has 0 radical (unpaired) electrons. The second-order valence-corrected chi connectivity index (χ2v) is 4.79. The van der Waals surface area contributed by atoms with Crippen LogP contribution in [0.25, 0.3) is 0 Å². The molecule has 1 rings (SSSR count). The van der Waals surface area contributed by atoms with Crippen LogP contribution in [0.2, 0.25) is 0 Å². The van der Waals surface area contributed by atoms with E-state index in [0.717, 1.165) is 29.4 Å². The molecule has 0 heterocycles. The van der Waals surface area contributed by atoms with Gasteiger partial charge in [-0.1, -0.05) is 18.2 Å². The fourth-order valence-electron chi connectivity index (χ4n) is 1.52. The fraction of sp³-hybridized carbons (Fsp3) is 0.538. The van der Waals surface area contributed by atoms with Gasteiger partial charge < -0.3 is 15.2 Å². The molecule has 1 atom stereocenters. The second-order valence-electron chi connectivity index (χ2n) is 3.65. The number of methoxy groups -OCH3 is 1. The van der Waals surface area contributed by atoms with Crippen LogP contribution < -0.4 is 10.5 Å². The normalized spacial score (nSPS) is 12.4. The van der Waals surface area contributed by atoms with Crippen molar-refractivity contribution in [3.8, 4) is 5.75 Å². The lowest BCUT2D eigenvalue weighted by molar-refractivity contribution is 0.218. The zero-order chi connectivity index (χ0) is 12.5. The van der Waals surface area contributed by atoms with E-state index < -0.39 is 0 Å². The SMILES string of the molecule is CCOc1ccccc1C(N)CSCCOC. The third-order valence-corrected chi connectivity index (χ3v) is 3.40. The van der Waals surface area contributed by atoms with Gasteiger partial charge in [0.05, 0.1) is 13.2 Å². The Hall–Kier alpha value is -0.710. The Bertz CT molecular complexity index is 320. The lowest BCUT2D eigenvalue weighted by Crippen LogP contribution is -2.15. The molecular formula is C13H21NO2S. The van der Waals surface area contributed by atoms with Gasteiger partial charge in [-0.2, -0.15) is 11.8 Å². The molecular weight excluding hydrogens is 234 g/mol. The van der Waals surface area contributed by atoms with E-state index in [1.165, 1.54) is 0 Å². The monoisotopic (exact) mass is 255 g/mol. The molecule has 0 fully saturated rings. The number of para-hydroxylation sites is 1. The molecule has 0 saturated heterocycles. The number of hydrogen-bond acceptors (Lipinski definition) is 4. The van der Waals surface area contributed by atoms with Gasteiger partial charge in [0.1, 0.15) is 5.75 Å². The van der Waals surface area contributed by atoms with Gasteiger partial charge in [-0.15, -0.1) is 0 Å². The third-order valence-electron chi connectivity index (χ3n) is 2.35. The number of benzene rings is 1. The summed E-state index contributed by atoms with van der Waals surface area (Å²) in [5.41, 5.74) is 7.25. The summed E-state index contributed by atoms with van der Waals surface area (Å²) in [7, 11) is 1.71. The van der Waals surface area contributed by atoms with Crippen LogP contribution in [-0.2, 0) is 4.74 Å². The summed E-state index contributed by atoms with van der Waals surface area (Å²) >= 11 is 1.80. The largest absolute Gasteiger partial charge is 0.494 e. The lowest BCUT2D eigenvalue weighted by Gasteiger charge is -2.16. The van der Waals surface area contributed by atoms with E-state index in [1.54, 1.807) is 18.9 Å². The lowest BCUT2D eigenvalue weighted by atomic mass is 10.1. The van der Waals surface area contributed by atoms with Crippen molar-refractivity contribution >= 4 is 11.8 Å². The van der Waals surface area contributed by atoms with Crippen LogP contribution in [0.15, 0.2) is 24.3 Å². The molecule has 3 nitrogen and oxygen atoms in total. The summed E-state index contributed by atoms with van der Waals surface area (Å²) in [5.74, 6) is 2.75. The molecule has 2 N–H and O–H groups in total. The van der Waals surface area contributed by atoms with Gasteiger partial charge in [0.25, 0.3) is 0 Å². The van der Waals surface area contributed by atoms with Crippen LogP contribution in [-0.4, -0.2) is 31.8 Å². The first-order valence-electron chi connectivity index (χ1n) is 5.83. The first kappa shape index (κ1) is 14.4. The van der Waals surface area contributed by atoms with Crippen molar-refractivity contribution in [2.24, 2.45) is 5.73 Å². The topological polar surface area (TPSA) is 44.5 Å². The molecule has 0 aliphatic rings. The Morgan fingerprint density at radius 3 is 2.82 bits per heavy atom. The second kappa shape index (κ2) is 8.39. The molecule has 1 aromatic rings. The van der Waals surface area contributed by atoms with Crippen LogP contribution in [0.3, 0.4) is 0 Å². The Morgan fingerprint density at radius 2 is 2.12 bits per heavy atom. The van der Waals surface area contributed by atoms with E-state index in [4.69, 9.17) is 15.2 Å². The predicted molar refractivity (Wildman–Crippen MR) is 73.7 cm³/mol. The highest BCUT2D eigenvalue weighted by molar-refractivity contribution is 7.99. The predicted octanol–water partition coefficient (Wildman–Crippen LogP) is 2.46. The Kier molecular flexibility index (Phi) is 7.08. The van der Waals surface area contributed by atoms with Crippen molar-refractivity contribution in [2.45, 2.75) is 13.0 Å². The third kappa shape index (κ3) is 4.98. The standard InChI is InChI=1S/C13H21NO2S/c1-3-16-13-7-5-4-6-11(13)12(14)10-17-9-8-15-2/h4-7,12H,3,8-10,14H2,1-2H3. The maximum atomic E-state index is 6.17. The number of rotatable bonds is 8. The van der Waals surface area contributed by atoms with E-state index in [9.17, 15) is 0 Å². The van der Waals surface area contributed by atoms with Crippen LogP contribution in [0.1, 0.15) is 18.5 Å². The Balaban J connectivity index is 2.52. The highest BCUT2D eigenvalue weighted by Crippen LogP contribution is 2.25. The minimum absolute atomic E-state index is 0.0135. The first-order chi connectivity index (χ1) is 8.29. The Labute approximate surface area is 108 Å². The van der Waals surface area contributed by atoms with E-state index in [0.29, 0.717) is 6.61 Å². The molecule has 0 aromatic heterocycles. The average Bonchev–Trinajstić information content (AvgIpc) is 2.35. The van der Waals surface area contributed by atoms with Gasteiger partial charge in [0.15, 0.2) is 0 Å². The zero-order valence-electron chi connectivity index (χ0n) is 10.5. The highest BCUT2D eigenvalue weighted by atomic mass is 32.2. The smallest absolute Gasteiger partial charge is 0.124 e. The van der Waals surface area contributed by atoms with Crippen molar-refractivity contribution in [2.75, 3.05) is 31.8 Å². The summed E-state index contributed by atoms with van der Waals surface area (Å²) in [5, 5.41) is 0. The fourth-order valence-corrected chi connectivity index (χ4v) is 2.40. The summed E-state index contributed by atoms with van der Waals surface area (Å²) in [6.07, 6.45) is 0. The van der Waals surface area contributed by atoms with Gasteiger partial charge in [-0.25, -0.2) is 0 Å². The maximum Gasteiger partial charge on any atom is 0.124 e. The van der Waals surface area contributed by atoms with E-state index in [-0.39, 0.29) is 6.04 Å². The minimum atomic E-state index is 0.0135. The van der Waals surface area contributed by atoms with Gasteiger partial charge in [-0.3, -0.25) is 0 Å². The zero-order valence-corrected chi connectivity index (χ0v) is 11.3. The minimum Gasteiger partial charge on any atom is -0.494 e. The van der Waals surface area contributed by atoms with Crippen molar-refractivity contribution in [1.82, 2.24) is 0 Å². The number of thioether (sulfide) groups is 1. The molecule has 4 heteroatoms. The maximum absolute atomic E-state index is 6.17. The van der Waals surface area contributed by atoms with Crippen molar-refractivity contribution in [1.29, 1.82) is 0 Å². The molecule has 0 aliphatic carbocycles. The molecule has 96 valence electrons. The van der Waals surface area contributed by atoms with Crippen LogP contribution in [0.4, 0.5) is 0 Å². The van der Waals surface area contributed by atoms with Gasteiger partial charge in [-0.05, 0) is 13.0 Å². The van der Waals surface area contributed by atoms with Crippen LogP contribution in [0, 0.1) is 0 Å². The molecule has 1 aromatic carbocycles. The van der Waals surface area contributed by atoms with Crippen LogP contribution in [0.5, 0.6) is 5.75 Å². The first-order valence-corrected chi connectivity index (χ1v) is 6.99. The molecule has 0 aliphatic heterocycles. The van der Waals surface area contributed by atoms with Crippen molar-refractivity contribution in [3.05, 3.63) is 29.8 Å². The molecule has 0 saturated carbocycles. The molecule has 0 spiro atoms. The summed E-state index contributed by atoms with van der Waals surface area (Å²) < 4.78 is 10.6. The van der Waals surface area contributed by atoms with E-state index in [2.05, 4.69) is 0 Å². The van der Waals surface area contributed by atoms with Gasteiger partial charge in [0.2, 0.25) is 0 Å². The number of ether oxygens (including phenoxy) is 2. The molecule has 0 bridgehead atoms. The summed E-state index contributed by atoms with van der Waals surface area (Å²) in [6, 6.07) is 7.99. The Morgan fingerprint density at radius 1 is 1.35 bits per heavy atom. The number of nitrogens with two attached hydrogens (primary N) is 1. The highest BCUT2D eigenvalue weighted by Gasteiger charge is 2.11. The molecule has 1 unspecified atom stereocenters. The molecule has 0 amide bonds. The van der Waals surface area contributed by atoms with Crippen molar-refractivity contribution < 1.29 is 9.47 Å². The quantitative estimate of drug-likeness (QED) is 0.725. The summed E-state index contributed by atoms with van der Waals surface area (Å²) in [6.45, 7) is 3.42. The van der Waals surface area contributed by atoms with Gasteiger partial charge >= 0.3 is 0 Å². The van der Waals surface area contributed by atoms with E-state index in [1.807, 2.05) is 31.2 Å². The average molecular weight is 255 g/mol. The molecule has 17 heavy (non-hydrogen) atoms.